The van der Waals surface area contributed by atoms with Crippen LogP contribution in [0.4, 0.5) is 18.9 Å². The lowest BCUT2D eigenvalue weighted by Gasteiger charge is -2.23. The van der Waals surface area contributed by atoms with Crippen LogP contribution in [0.3, 0.4) is 0 Å². The first-order valence-corrected chi connectivity index (χ1v) is 8.38. The first-order valence-electron chi connectivity index (χ1n) is 6.90. The van der Waals surface area contributed by atoms with E-state index in [1.165, 1.54) is 18.2 Å². The van der Waals surface area contributed by atoms with Crippen LogP contribution in [0.25, 0.3) is 22.0 Å². The summed E-state index contributed by atoms with van der Waals surface area (Å²) < 4.78 is 66.7. The third-order valence-corrected chi connectivity index (χ3v) is 5.33. The molecule has 122 valence electrons. The zero-order valence-corrected chi connectivity index (χ0v) is 12.7. The first-order chi connectivity index (χ1) is 11.3. The van der Waals surface area contributed by atoms with E-state index >= 15 is 0 Å². The van der Waals surface area contributed by atoms with Gasteiger partial charge in [0.25, 0.3) is 10.0 Å². The molecule has 2 heterocycles. The van der Waals surface area contributed by atoms with Gasteiger partial charge in [-0.15, -0.1) is 0 Å². The van der Waals surface area contributed by atoms with Crippen molar-refractivity contribution in [1.29, 1.82) is 0 Å². The van der Waals surface area contributed by atoms with Crippen molar-refractivity contribution in [1.82, 2.24) is 4.98 Å². The molecule has 0 fully saturated rings. The molecular weight excluding hydrogens is 341 g/mol. The van der Waals surface area contributed by atoms with Crippen LogP contribution in [0.1, 0.15) is 5.56 Å². The predicted octanol–water partition coefficient (Wildman–Crippen LogP) is 4.03. The van der Waals surface area contributed by atoms with E-state index in [0.717, 1.165) is 12.3 Å². The van der Waals surface area contributed by atoms with Crippen molar-refractivity contribution in [2.24, 2.45) is 0 Å². The molecule has 0 radical (unpaired) electrons. The number of hydrogen-bond donors (Lipinski definition) is 1. The molecule has 1 aromatic heterocycles. The molecule has 4 rings (SSSR count). The predicted molar refractivity (Wildman–Crippen MR) is 83.0 cm³/mol. The maximum absolute atomic E-state index is 13.2. The van der Waals surface area contributed by atoms with E-state index in [1.54, 1.807) is 18.2 Å². The summed E-state index contributed by atoms with van der Waals surface area (Å²) in [4.78, 5) is 4.07. The van der Waals surface area contributed by atoms with E-state index in [0.29, 0.717) is 11.1 Å². The second kappa shape index (κ2) is 4.70. The standard InChI is InChI=1S/C16H9F3N2O2S/c17-16(18,19)12-7-8-20-14-11(12)6-5-10-9-3-1-2-4-13(9)24(22,23)21-15(10)14/h1-8,21H. The van der Waals surface area contributed by atoms with Gasteiger partial charge in [0.05, 0.1) is 21.7 Å². The Morgan fingerprint density at radius 3 is 2.46 bits per heavy atom. The van der Waals surface area contributed by atoms with Crippen LogP contribution in [0.2, 0.25) is 0 Å². The van der Waals surface area contributed by atoms with Gasteiger partial charge in [-0.05, 0) is 12.1 Å². The molecule has 0 atom stereocenters. The normalized spacial score (nSPS) is 15.5. The minimum Gasteiger partial charge on any atom is -0.277 e. The summed E-state index contributed by atoms with van der Waals surface area (Å²) in [7, 11) is -3.87. The number of fused-ring (bicyclic) bond motifs is 5. The summed E-state index contributed by atoms with van der Waals surface area (Å²) in [6.07, 6.45) is -3.53. The van der Waals surface area contributed by atoms with Crippen molar-refractivity contribution in [3.05, 3.63) is 54.2 Å². The Bertz CT molecular complexity index is 1090. The molecule has 1 aliphatic heterocycles. The van der Waals surface area contributed by atoms with Gasteiger partial charge in [0, 0.05) is 22.7 Å². The molecule has 8 heteroatoms. The number of alkyl halides is 3. The van der Waals surface area contributed by atoms with E-state index < -0.39 is 21.8 Å². The van der Waals surface area contributed by atoms with Crippen LogP contribution in [-0.2, 0) is 16.2 Å². The van der Waals surface area contributed by atoms with Crippen LogP contribution in [-0.4, -0.2) is 13.4 Å². The Hall–Kier alpha value is -2.61. The Labute approximate surface area is 135 Å². The fraction of sp³-hybridized carbons (Fsp3) is 0.0625. The summed E-state index contributed by atoms with van der Waals surface area (Å²) >= 11 is 0. The minimum atomic E-state index is -4.55. The van der Waals surface area contributed by atoms with Gasteiger partial charge in [-0.1, -0.05) is 30.3 Å². The molecule has 0 bridgehead atoms. The Kier molecular flexibility index (Phi) is 2.93. The number of halogens is 3. The number of hydrogen-bond acceptors (Lipinski definition) is 3. The second-order valence-corrected chi connectivity index (χ2v) is 6.99. The summed E-state index contributed by atoms with van der Waals surface area (Å²) in [5.41, 5.74) is 0.123. The van der Waals surface area contributed by atoms with Gasteiger partial charge < -0.3 is 0 Å². The molecule has 0 saturated heterocycles. The molecule has 3 aromatic rings. The number of nitrogens with zero attached hydrogens (tertiary/aromatic N) is 1. The maximum atomic E-state index is 13.2. The molecule has 0 amide bonds. The van der Waals surface area contributed by atoms with Crippen molar-refractivity contribution in [2.75, 3.05) is 4.72 Å². The SMILES string of the molecule is O=S1(=O)Nc2c(ccc3c(C(F)(F)F)ccnc23)-c2ccccc21. The molecule has 0 spiro atoms. The lowest BCUT2D eigenvalue weighted by Crippen LogP contribution is -2.19. The highest BCUT2D eigenvalue weighted by atomic mass is 32.2. The van der Waals surface area contributed by atoms with Gasteiger partial charge >= 0.3 is 6.18 Å². The Balaban J connectivity index is 2.12. The molecule has 24 heavy (non-hydrogen) atoms. The molecular formula is C16H9F3N2O2S. The van der Waals surface area contributed by atoms with Gasteiger partial charge in [-0.2, -0.15) is 13.2 Å². The van der Waals surface area contributed by atoms with E-state index in [1.807, 2.05) is 0 Å². The van der Waals surface area contributed by atoms with Crippen LogP contribution < -0.4 is 4.72 Å². The summed E-state index contributed by atoms with van der Waals surface area (Å²) in [6, 6.07) is 10.0. The van der Waals surface area contributed by atoms with Crippen molar-refractivity contribution >= 4 is 26.6 Å². The largest absolute Gasteiger partial charge is 0.417 e. The monoisotopic (exact) mass is 350 g/mol. The zero-order chi connectivity index (χ0) is 17.1. The van der Waals surface area contributed by atoms with Crippen LogP contribution in [0.5, 0.6) is 0 Å². The highest BCUT2D eigenvalue weighted by molar-refractivity contribution is 7.93. The Morgan fingerprint density at radius 2 is 1.71 bits per heavy atom. The molecule has 1 aliphatic rings. The van der Waals surface area contributed by atoms with Crippen molar-refractivity contribution in [2.45, 2.75) is 11.1 Å². The molecule has 4 nitrogen and oxygen atoms in total. The number of benzene rings is 2. The topological polar surface area (TPSA) is 59.1 Å². The molecule has 1 N–H and O–H groups in total. The van der Waals surface area contributed by atoms with Crippen molar-refractivity contribution < 1.29 is 21.6 Å². The summed E-state index contributed by atoms with van der Waals surface area (Å²) in [5.74, 6) is 0. The molecule has 0 saturated carbocycles. The maximum Gasteiger partial charge on any atom is 0.417 e. The number of pyridine rings is 1. The van der Waals surface area contributed by atoms with Crippen LogP contribution in [0.15, 0.2) is 53.6 Å². The fourth-order valence-electron chi connectivity index (χ4n) is 2.91. The lowest BCUT2D eigenvalue weighted by molar-refractivity contribution is -0.136. The van der Waals surface area contributed by atoms with Crippen molar-refractivity contribution in [3.63, 3.8) is 0 Å². The van der Waals surface area contributed by atoms with E-state index in [2.05, 4.69) is 9.71 Å². The summed E-state index contributed by atoms with van der Waals surface area (Å²) in [5, 5.41) is -0.147. The van der Waals surface area contributed by atoms with Crippen LogP contribution >= 0.6 is 0 Å². The average Bonchev–Trinajstić information content (AvgIpc) is 2.53. The number of aromatic nitrogens is 1. The van der Waals surface area contributed by atoms with Crippen LogP contribution in [0, 0.1) is 0 Å². The lowest BCUT2D eigenvalue weighted by atomic mass is 9.99. The van der Waals surface area contributed by atoms with Gasteiger partial charge in [-0.25, -0.2) is 8.42 Å². The van der Waals surface area contributed by atoms with E-state index in [4.69, 9.17) is 0 Å². The first kappa shape index (κ1) is 14.9. The summed E-state index contributed by atoms with van der Waals surface area (Å²) in [6.45, 7) is 0. The van der Waals surface area contributed by atoms with Gasteiger partial charge in [0.1, 0.15) is 0 Å². The average molecular weight is 350 g/mol. The number of anilines is 1. The molecule has 0 unspecified atom stereocenters. The third kappa shape index (κ3) is 2.06. The minimum absolute atomic E-state index is 0.0274. The Morgan fingerprint density at radius 1 is 0.958 bits per heavy atom. The third-order valence-electron chi connectivity index (χ3n) is 3.92. The fourth-order valence-corrected chi connectivity index (χ4v) is 4.22. The zero-order valence-electron chi connectivity index (χ0n) is 11.9. The smallest absolute Gasteiger partial charge is 0.277 e. The number of sulfonamides is 1. The second-order valence-electron chi connectivity index (χ2n) is 5.34. The molecule has 0 aliphatic carbocycles. The quantitative estimate of drug-likeness (QED) is 0.666. The van der Waals surface area contributed by atoms with Gasteiger partial charge in [-0.3, -0.25) is 9.71 Å². The highest BCUT2D eigenvalue weighted by Crippen LogP contribution is 2.44. The van der Waals surface area contributed by atoms with E-state index in [-0.39, 0.29) is 21.5 Å². The van der Waals surface area contributed by atoms with E-state index in [9.17, 15) is 21.6 Å². The van der Waals surface area contributed by atoms with Gasteiger partial charge in [0.15, 0.2) is 0 Å². The van der Waals surface area contributed by atoms with Crippen molar-refractivity contribution in [3.8, 4) is 11.1 Å². The number of rotatable bonds is 0. The number of nitrogens with one attached hydrogen (secondary N) is 1. The van der Waals surface area contributed by atoms with Gasteiger partial charge in [0.2, 0.25) is 0 Å². The molecule has 2 aromatic carbocycles. The highest BCUT2D eigenvalue weighted by Gasteiger charge is 2.35.